The van der Waals surface area contributed by atoms with Crippen molar-refractivity contribution >= 4 is 33.7 Å². The molecule has 0 saturated heterocycles. The number of hydrogen-bond acceptors (Lipinski definition) is 5. The highest BCUT2D eigenvalue weighted by Gasteiger charge is 2.28. The summed E-state index contributed by atoms with van der Waals surface area (Å²) in [6, 6.07) is 23.4. The van der Waals surface area contributed by atoms with E-state index in [1.165, 1.54) is 0 Å². The van der Waals surface area contributed by atoms with Crippen LogP contribution >= 0.6 is 0 Å². The van der Waals surface area contributed by atoms with E-state index in [9.17, 15) is 21.0 Å². The number of rotatable bonds is 2. The molecule has 0 bridgehead atoms. The lowest BCUT2D eigenvalue weighted by Crippen LogP contribution is -2.06. The summed E-state index contributed by atoms with van der Waals surface area (Å²) < 4.78 is 1.82. The fourth-order valence-electron chi connectivity index (χ4n) is 4.69. The molecule has 0 fully saturated rings. The second-order valence-electron chi connectivity index (χ2n) is 7.72. The Morgan fingerprint density at radius 3 is 2.12 bits per heavy atom. The molecule has 0 spiro atoms. The number of nitriles is 4. The Morgan fingerprint density at radius 2 is 1.44 bits per heavy atom. The maximum Gasteiger partial charge on any atom is 0.142 e. The van der Waals surface area contributed by atoms with Gasteiger partial charge in [-0.1, -0.05) is 49.1 Å². The standard InChI is InChI=1S/C28H14N6/c1-3-17-8-4-5-9-18(17)25-16(2)28-33-23-10-6-7-11-24(23)34(28)27-22(15-32)20(13-30)19(12-29)21(14-31)26(25)27/h3-11H,1H2,2H3. The lowest BCUT2D eigenvalue weighted by Gasteiger charge is -2.19. The minimum Gasteiger partial charge on any atom is -0.291 e. The Hall–Kier alpha value is -5.43. The van der Waals surface area contributed by atoms with E-state index in [4.69, 9.17) is 4.98 Å². The fraction of sp³-hybridized carbons (Fsp3) is 0.0357. The summed E-state index contributed by atoms with van der Waals surface area (Å²) >= 11 is 0. The molecule has 156 valence electrons. The van der Waals surface area contributed by atoms with Crippen molar-refractivity contribution in [3.8, 4) is 35.4 Å². The molecule has 34 heavy (non-hydrogen) atoms. The van der Waals surface area contributed by atoms with Gasteiger partial charge < -0.3 is 0 Å². The average molecular weight is 434 g/mol. The largest absolute Gasteiger partial charge is 0.291 e. The predicted octanol–water partition coefficient (Wildman–Crippen LogP) is 5.75. The van der Waals surface area contributed by atoms with Gasteiger partial charge in [-0.3, -0.25) is 4.40 Å². The van der Waals surface area contributed by atoms with E-state index >= 15 is 0 Å². The van der Waals surface area contributed by atoms with E-state index in [1.54, 1.807) is 6.08 Å². The number of fused-ring (bicyclic) bond motifs is 5. The van der Waals surface area contributed by atoms with Crippen molar-refractivity contribution in [1.82, 2.24) is 9.38 Å². The lowest BCUT2D eigenvalue weighted by atomic mass is 9.86. The number of benzene rings is 3. The molecule has 5 rings (SSSR count). The van der Waals surface area contributed by atoms with Crippen LogP contribution in [0.15, 0.2) is 55.1 Å². The Bertz CT molecular complexity index is 1880. The predicted molar refractivity (Wildman–Crippen MR) is 129 cm³/mol. The van der Waals surface area contributed by atoms with Gasteiger partial charge in [-0.05, 0) is 35.7 Å². The van der Waals surface area contributed by atoms with Crippen molar-refractivity contribution in [2.75, 3.05) is 0 Å². The Kier molecular flexibility index (Phi) is 4.58. The second kappa shape index (κ2) is 7.61. The Labute approximate surface area is 195 Å². The minimum absolute atomic E-state index is 0.0403. The van der Waals surface area contributed by atoms with Crippen molar-refractivity contribution in [1.29, 1.82) is 21.0 Å². The summed E-state index contributed by atoms with van der Waals surface area (Å²) in [5.74, 6) is 0. The normalized spacial score (nSPS) is 10.5. The van der Waals surface area contributed by atoms with Crippen LogP contribution in [0.2, 0.25) is 0 Å². The second-order valence-corrected chi connectivity index (χ2v) is 7.72. The smallest absolute Gasteiger partial charge is 0.142 e. The van der Waals surface area contributed by atoms with Crippen molar-refractivity contribution in [2.24, 2.45) is 0 Å². The zero-order chi connectivity index (χ0) is 24.0. The van der Waals surface area contributed by atoms with Gasteiger partial charge in [0.1, 0.15) is 29.9 Å². The molecule has 0 amide bonds. The summed E-state index contributed by atoms with van der Waals surface area (Å²) in [6.45, 7) is 5.84. The van der Waals surface area contributed by atoms with Crippen LogP contribution in [0.3, 0.4) is 0 Å². The highest BCUT2D eigenvalue weighted by atomic mass is 15.0. The SMILES string of the molecule is C=Cc1ccccc1-c1c(C)c2nc3ccccc3n2c2c(C#N)c(C#N)c(C#N)c(C#N)c12. The van der Waals surface area contributed by atoms with Crippen molar-refractivity contribution in [3.63, 3.8) is 0 Å². The number of para-hydroxylation sites is 2. The molecule has 0 N–H and O–H groups in total. The summed E-state index contributed by atoms with van der Waals surface area (Å²) in [7, 11) is 0. The molecule has 0 radical (unpaired) electrons. The molecule has 6 heteroatoms. The molecule has 0 saturated carbocycles. The molecule has 3 aromatic carbocycles. The third-order valence-electron chi connectivity index (χ3n) is 6.12. The molecule has 5 aromatic rings. The molecule has 0 aliphatic rings. The van der Waals surface area contributed by atoms with Crippen LogP contribution < -0.4 is 0 Å². The van der Waals surface area contributed by atoms with Crippen LogP contribution in [-0.4, -0.2) is 9.38 Å². The first-order valence-corrected chi connectivity index (χ1v) is 10.4. The quantitative estimate of drug-likeness (QED) is 0.351. The highest BCUT2D eigenvalue weighted by molar-refractivity contribution is 6.10. The van der Waals surface area contributed by atoms with Crippen molar-refractivity contribution < 1.29 is 0 Å². The first-order valence-electron chi connectivity index (χ1n) is 10.4. The first-order chi connectivity index (χ1) is 16.6. The number of nitrogens with zero attached hydrogens (tertiary/aromatic N) is 6. The Balaban J connectivity index is 2.27. The van der Waals surface area contributed by atoms with E-state index in [0.717, 1.165) is 22.2 Å². The zero-order valence-electron chi connectivity index (χ0n) is 18.1. The van der Waals surface area contributed by atoms with Crippen LogP contribution in [0.25, 0.3) is 44.8 Å². The third-order valence-corrected chi connectivity index (χ3v) is 6.12. The van der Waals surface area contributed by atoms with E-state index in [1.807, 2.05) is 72.0 Å². The molecule has 0 atom stereocenters. The molecule has 0 aliphatic heterocycles. The molecule has 2 heterocycles. The van der Waals surface area contributed by atoms with E-state index < -0.39 is 0 Å². The summed E-state index contributed by atoms with van der Waals surface area (Å²) in [5, 5.41) is 40.7. The van der Waals surface area contributed by atoms with Crippen LogP contribution in [0.1, 0.15) is 33.4 Å². The van der Waals surface area contributed by atoms with Gasteiger partial charge >= 0.3 is 0 Å². The van der Waals surface area contributed by atoms with Gasteiger partial charge in [0.15, 0.2) is 0 Å². The van der Waals surface area contributed by atoms with Gasteiger partial charge in [0.05, 0.1) is 38.8 Å². The molecule has 0 unspecified atom stereocenters. The number of aromatic nitrogens is 2. The number of pyridine rings is 1. The van der Waals surface area contributed by atoms with Crippen LogP contribution in [0.5, 0.6) is 0 Å². The number of hydrogen-bond donors (Lipinski definition) is 0. The fourth-order valence-corrected chi connectivity index (χ4v) is 4.69. The molecule has 2 aromatic heterocycles. The van der Waals surface area contributed by atoms with Gasteiger partial charge in [-0.25, -0.2) is 4.98 Å². The van der Waals surface area contributed by atoms with Gasteiger partial charge in [0, 0.05) is 10.9 Å². The molecular formula is C28H14N6. The Morgan fingerprint density at radius 1 is 0.824 bits per heavy atom. The van der Waals surface area contributed by atoms with Crippen molar-refractivity contribution in [3.05, 3.63) is 88.5 Å². The molecule has 0 aliphatic carbocycles. The number of aryl methyl sites for hydroxylation is 1. The lowest BCUT2D eigenvalue weighted by molar-refractivity contribution is 1.24. The highest BCUT2D eigenvalue weighted by Crippen LogP contribution is 2.42. The van der Waals surface area contributed by atoms with Crippen LogP contribution in [0, 0.1) is 52.2 Å². The van der Waals surface area contributed by atoms with E-state index in [0.29, 0.717) is 27.6 Å². The molecule has 6 nitrogen and oxygen atoms in total. The summed E-state index contributed by atoms with van der Waals surface area (Å²) in [4.78, 5) is 4.83. The molecular weight excluding hydrogens is 420 g/mol. The minimum atomic E-state index is -0.111. The maximum atomic E-state index is 10.2. The topological polar surface area (TPSA) is 112 Å². The van der Waals surface area contributed by atoms with E-state index in [-0.39, 0.29) is 22.3 Å². The van der Waals surface area contributed by atoms with Gasteiger partial charge in [0.2, 0.25) is 0 Å². The first kappa shape index (κ1) is 20.5. The zero-order valence-corrected chi connectivity index (χ0v) is 18.1. The number of imidazole rings is 1. The van der Waals surface area contributed by atoms with Crippen molar-refractivity contribution in [2.45, 2.75) is 6.92 Å². The third kappa shape index (κ3) is 2.55. The van der Waals surface area contributed by atoms with Gasteiger partial charge in [-0.15, -0.1) is 0 Å². The van der Waals surface area contributed by atoms with Gasteiger partial charge in [-0.2, -0.15) is 21.0 Å². The summed E-state index contributed by atoms with van der Waals surface area (Å²) in [5.41, 5.74) is 5.43. The summed E-state index contributed by atoms with van der Waals surface area (Å²) in [6.07, 6.45) is 1.72. The van der Waals surface area contributed by atoms with Crippen LogP contribution in [-0.2, 0) is 0 Å². The average Bonchev–Trinajstić information content (AvgIpc) is 3.27. The monoisotopic (exact) mass is 434 g/mol. The van der Waals surface area contributed by atoms with E-state index in [2.05, 4.69) is 18.7 Å². The maximum absolute atomic E-state index is 10.2. The van der Waals surface area contributed by atoms with Gasteiger partial charge in [0.25, 0.3) is 0 Å². The van der Waals surface area contributed by atoms with Crippen LogP contribution in [0.4, 0.5) is 0 Å².